The molecule has 1 rings (SSSR count). The van der Waals surface area contributed by atoms with Crippen molar-refractivity contribution in [2.45, 2.75) is 20.8 Å². The average molecular weight is 151 g/mol. The van der Waals surface area contributed by atoms with Gasteiger partial charge in [-0.25, -0.2) is 9.97 Å². The molecule has 0 bridgehead atoms. The fraction of sp³-hybridized carbons (Fsp3) is 0.500. The van der Waals surface area contributed by atoms with Crippen molar-refractivity contribution in [3.8, 4) is 0 Å². The van der Waals surface area contributed by atoms with Gasteiger partial charge < -0.3 is 5.32 Å². The van der Waals surface area contributed by atoms with Crippen LogP contribution < -0.4 is 5.32 Å². The first-order chi connectivity index (χ1) is 5.15. The molecule has 0 saturated carbocycles. The van der Waals surface area contributed by atoms with Crippen LogP contribution in [-0.2, 0) is 0 Å². The molecule has 3 heteroatoms. The van der Waals surface area contributed by atoms with Crippen LogP contribution in [0, 0.1) is 20.8 Å². The highest BCUT2D eigenvalue weighted by molar-refractivity contribution is 5.44. The zero-order valence-electron chi connectivity index (χ0n) is 7.39. The molecule has 0 aliphatic carbocycles. The van der Waals surface area contributed by atoms with E-state index in [4.69, 9.17) is 0 Å². The van der Waals surface area contributed by atoms with Gasteiger partial charge >= 0.3 is 0 Å². The number of nitrogens with one attached hydrogen (secondary N) is 1. The third-order valence-electron chi connectivity index (χ3n) is 1.74. The van der Waals surface area contributed by atoms with E-state index in [-0.39, 0.29) is 0 Å². The van der Waals surface area contributed by atoms with E-state index in [1.54, 1.807) is 0 Å². The first-order valence-corrected chi connectivity index (χ1v) is 3.64. The number of aryl methyl sites for hydroxylation is 2. The first-order valence-electron chi connectivity index (χ1n) is 3.64. The summed E-state index contributed by atoms with van der Waals surface area (Å²) in [6, 6.07) is 0. The Balaban J connectivity index is 3.24. The van der Waals surface area contributed by atoms with E-state index in [0.717, 1.165) is 22.9 Å². The number of nitrogens with zero attached hydrogens (tertiary/aromatic N) is 2. The SMILES string of the molecule is CNc1nc(C)nc(C)c1C. The van der Waals surface area contributed by atoms with Crippen LogP contribution in [0.3, 0.4) is 0 Å². The summed E-state index contributed by atoms with van der Waals surface area (Å²) in [5.74, 6) is 1.74. The van der Waals surface area contributed by atoms with Gasteiger partial charge in [-0.2, -0.15) is 0 Å². The van der Waals surface area contributed by atoms with Crippen LogP contribution >= 0.6 is 0 Å². The molecule has 1 aromatic rings. The summed E-state index contributed by atoms with van der Waals surface area (Å²) in [4.78, 5) is 8.46. The summed E-state index contributed by atoms with van der Waals surface area (Å²) in [6.45, 7) is 5.90. The normalized spacial score (nSPS) is 9.82. The van der Waals surface area contributed by atoms with Crippen molar-refractivity contribution in [2.24, 2.45) is 0 Å². The molecule has 0 spiro atoms. The zero-order chi connectivity index (χ0) is 8.43. The lowest BCUT2D eigenvalue weighted by Gasteiger charge is -2.06. The van der Waals surface area contributed by atoms with Crippen LogP contribution in [0.2, 0.25) is 0 Å². The minimum atomic E-state index is 0.817. The number of anilines is 1. The molecule has 1 aromatic heterocycles. The molecule has 0 aromatic carbocycles. The van der Waals surface area contributed by atoms with E-state index in [0.29, 0.717) is 0 Å². The van der Waals surface area contributed by atoms with Gasteiger partial charge in [-0.05, 0) is 20.8 Å². The van der Waals surface area contributed by atoms with Crippen molar-refractivity contribution >= 4 is 5.82 Å². The molecule has 0 radical (unpaired) electrons. The molecule has 11 heavy (non-hydrogen) atoms. The minimum Gasteiger partial charge on any atom is -0.373 e. The van der Waals surface area contributed by atoms with Gasteiger partial charge in [0.05, 0.1) is 0 Å². The maximum Gasteiger partial charge on any atom is 0.132 e. The van der Waals surface area contributed by atoms with Crippen LogP contribution in [-0.4, -0.2) is 17.0 Å². The molecule has 0 aliphatic rings. The van der Waals surface area contributed by atoms with Crippen LogP contribution in [0.15, 0.2) is 0 Å². The lowest BCUT2D eigenvalue weighted by atomic mass is 10.2. The van der Waals surface area contributed by atoms with E-state index < -0.39 is 0 Å². The summed E-state index contributed by atoms with van der Waals surface area (Å²) in [7, 11) is 1.87. The fourth-order valence-electron chi connectivity index (χ4n) is 1.01. The van der Waals surface area contributed by atoms with Crippen molar-refractivity contribution in [2.75, 3.05) is 12.4 Å². The van der Waals surface area contributed by atoms with E-state index in [9.17, 15) is 0 Å². The van der Waals surface area contributed by atoms with Crippen LogP contribution in [0.1, 0.15) is 17.1 Å². The number of hydrogen-bond acceptors (Lipinski definition) is 3. The number of rotatable bonds is 1. The molecule has 0 atom stereocenters. The molecule has 0 saturated heterocycles. The zero-order valence-corrected chi connectivity index (χ0v) is 7.39. The third kappa shape index (κ3) is 1.48. The van der Waals surface area contributed by atoms with Gasteiger partial charge in [-0.15, -0.1) is 0 Å². The Kier molecular flexibility index (Phi) is 2.08. The number of aromatic nitrogens is 2. The Morgan fingerprint density at radius 3 is 2.27 bits per heavy atom. The Labute approximate surface area is 66.9 Å². The van der Waals surface area contributed by atoms with Crippen molar-refractivity contribution < 1.29 is 0 Å². The topological polar surface area (TPSA) is 37.8 Å². The second kappa shape index (κ2) is 2.86. The summed E-state index contributed by atoms with van der Waals surface area (Å²) in [6.07, 6.45) is 0. The maximum atomic E-state index is 4.23. The molecule has 0 amide bonds. The highest BCUT2D eigenvalue weighted by Crippen LogP contribution is 2.12. The van der Waals surface area contributed by atoms with Crippen molar-refractivity contribution in [1.29, 1.82) is 0 Å². The standard InChI is InChI=1S/C8H13N3/c1-5-6(2)10-7(3)11-8(5)9-4/h1-4H3,(H,9,10,11). The lowest BCUT2D eigenvalue weighted by Crippen LogP contribution is -2.02. The quantitative estimate of drug-likeness (QED) is 0.660. The summed E-state index contributed by atoms with van der Waals surface area (Å²) in [5.41, 5.74) is 2.17. The Bertz CT molecular complexity index is 268. The van der Waals surface area contributed by atoms with Crippen molar-refractivity contribution in [3.63, 3.8) is 0 Å². The second-order valence-corrected chi connectivity index (χ2v) is 2.58. The van der Waals surface area contributed by atoms with E-state index >= 15 is 0 Å². The van der Waals surface area contributed by atoms with Crippen LogP contribution in [0.5, 0.6) is 0 Å². The van der Waals surface area contributed by atoms with Crippen molar-refractivity contribution in [3.05, 3.63) is 17.1 Å². The maximum absolute atomic E-state index is 4.23. The molecule has 0 unspecified atom stereocenters. The van der Waals surface area contributed by atoms with Gasteiger partial charge in [0.2, 0.25) is 0 Å². The van der Waals surface area contributed by atoms with Crippen molar-refractivity contribution in [1.82, 2.24) is 9.97 Å². The Morgan fingerprint density at radius 1 is 1.09 bits per heavy atom. The summed E-state index contributed by atoms with van der Waals surface area (Å²) in [5, 5.41) is 3.03. The first kappa shape index (κ1) is 7.98. The molecular formula is C8H13N3. The smallest absolute Gasteiger partial charge is 0.132 e. The molecule has 1 N–H and O–H groups in total. The predicted octanol–water partition coefficient (Wildman–Crippen LogP) is 1.44. The highest BCUT2D eigenvalue weighted by Gasteiger charge is 2.02. The molecule has 0 aliphatic heterocycles. The fourth-order valence-corrected chi connectivity index (χ4v) is 1.01. The molecule has 1 heterocycles. The Hall–Kier alpha value is -1.12. The average Bonchev–Trinajstić information content (AvgIpc) is 1.96. The highest BCUT2D eigenvalue weighted by atomic mass is 15.0. The van der Waals surface area contributed by atoms with Gasteiger partial charge in [-0.1, -0.05) is 0 Å². The summed E-state index contributed by atoms with van der Waals surface area (Å²) < 4.78 is 0. The molecule has 3 nitrogen and oxygen atoms in total. The monoisotopic (exact) mass is 151 g/mol. The van der Waals surface area contributed by atoms with E-state index in [1.165, 1.54) is 0 Å². The van der Waals surface area contributed by atoms with Crippen LogP contribution in [0.25, 0.3) is 0 Å². The predicted molar refractivity (Wildman–Crippen MR) is 45.8 cm³/mol. The second-order valence-electron chi connectivity index (χ2n) is 2.58. The third-order valence-corrected chi connectivity index (χ3v) is 1.74. The summed E-state index contributed by atoms with van der Waals surface area (Å²) >= 11 is 0. The Morgan fingerprint density at radius 2 is 1.73 bits per heavy atom. The van der Waals surface area contributed by atoms with Gasteiger partial charge in [0, 0.05) is 18.3 Å². The molecule has 60 valence electrons. The largest absolute Gasteiger partial charge is 0.373 e. The van der Waals surface area contributed by atoms with Gasteiger partial charge in [-0.3, -0.25) is 0 Å². The molecular weight excluding hydrogens is 138 g/mol. The van der Waals surface area contributed by atoms with Gasteiger partial charge in [0.1, 0.15) is 11.6 Å². The lowest BCUT2D eigenvalue weighted by molar-refractivity contribution is 0.987. The molecule has 0 fully saturated rings. The van der Waals surface area contributed by atoms with Gasteiger partial charge in [0.25, 0.3) is 0 Å². The van der Waals surface area contributed by atoms with Crippen LogP contribution in [0.4, 0.5) is 5.82 Å². The van der Waals surface area contributed by atoms with Gasteiger partial charge in [0.15, 0.2) is 0 Å². The van der Waals surface area contributed by atoms with E-state index in [2.05, 4.69) is 15.3 Å². The van der Waals surface area contributed by atoms with E-state index in [1.807, 2.05) is 27.8 Å². The number of hydrogen-bond donors (Lipinski definition) is 1. The minimum absolute atomic E-state index is 0.817.